The smallest absolute Gasteiger partial charge is 0.224 e. The molecule has 0 saturated heterocycles. The molecular formula is C15H26N4. The zero-order valence-corrected chi connectivity index (χ0v) is 12.6. The lowest BCUT2D eigenvalue weighted by molar-refractivity contribution is 0.335. The Morgan fingerprint density at radius 1 is 1.42 bits per heavy atom. The van der Waals surface area contributed by atoms with E-state index in [-0.39, 0.29) is 0 Å². The summed E-state index contributed by atoms with van der Waals surface area (Å²) < 4.78 is 0. The van der Waals surface area contributed by atoms with Gasteiger partial charge in [0, 0.05) is 31.4 Å². The summed E-state index contributed by atoms with van der Waals surface area (Å²) in [6.07, 6.45) is 7.18. The maximum absolute atomic E-state index is 4.67. The Balaban J connectivity index is 2.17. The summed E-state index contributed by atoms with van der Waals surface area (Å²) in [5, 5.41) is 3.19. The molecule has 1 aliphatic carbocycles. The van der Waals surface area contributed by atoms with E-state index in [4.69, 9.17) is 0 Å². The van der Waals surface area contributed by atoms with Crippen molar-refractivity contribution in [3.63, 3.8) is 0 Å². The monoisotopic (exact) mass is 262 g/mol. The number of anilines is 2. The van der Waals surface area contributed by atoms with Crippen LogP contribution >= 0.6 is 0 Å². The minimum atomic E-state index is 0.617. The maximum Gasteiger partial charge on any atom is 0.224 e. The first-order valence-electron chi connectivity index (χ1n) is 7.42. The minimum Gasteiger partial charge on any atom is -0.356 e. The van der Waals surface area contributed by atoms with Crippen LogP contribution in [-0.2, 0) is 0 Å². The summed E-state index contributed by atoms with van der Waals surface area (Å²) >= 11 is 0. The highest BCUT2D eigenvalue weighted by atomic mass is 15.2. The van der Waals surface area contributed by atoms with Crippen molar-refractivity contribution in [1.29, 1.82) is 0 Å². The van der Waals surface area contributed by atoms with E-state index >= 15 is 0 Å². The van der Waals surface area contributed by atoms with Gasteiger partial charge in [-0.15, -0.1) is 0 Å². The second-order valence-corrected chi connectivity index (χ2v) is 5.77. The minimum absolute atomic E-state index is 0.617. The van der Waals surface area contributed by atoms with Crippen LogP contribution < -0.4 is 10.2 Å². The summed E-state index contributed by atoms with van der Waals surface area (Å²) in [5.41, 5.74) is 1.15. The highest BCUT2D eigenvalue weighted by Crippen LogP contribution is 2.30. The third-order valence-corrected chi connectivity index (χ3v) is 4.07. The number of nitrogens with zero attached hydrogens (tertiary/aromatic N) is 3. The van der Waals surface area contributed by atoms with Crippen molar-refractivity contribution in [2.45, 2.75) is 52.5 Å². The molecule has 0 bridgehead atoms. The second-order valence-electron chi connectivity index (χ2n) is 5.77. The van der Waals surface area contributed by atoms with Crippen LogP contribution in [0.15, 0.2) is 6.20 Å². The number of nitrogens with one attached hydrogen (secondary N) is 1. The predicted molar refractivity (Wildman–Crippen MR) is 80.8 cm³/mol. The summed E-state index contributed by atoms with van der Waals surface area (Å²) in [6, 6.07) is 0.617. The summed E-state index contributed by atoms with van der Waals surface area (Å²) in [7, 11) is 2.17. The average Bonchev–Trinajstić information content (AvgIpc) is 2.40. The molecule has 4 heteroatoms. The Labute approximate surface area is 116 Å². The van der Waals surface area contributed by atoms with E-state index in [1.54, 1.807) is 0 Å². The highest BCUT2D eigenvalue weighted by Gasteiger charge is 2.24. The van der Waals surface area contributed by atoms with E-state index < -0.39 is 0 Å². The van der Waals surface area contributed by atoms with Gasteiger partial charge in [-0.2, -0.15) is 4.98 Å². The number of aryl methyl sites for hydroxylation is 1. The third kappa shape index (κ3) is 3.37. The molecule has 0 aliphatic heterocycles. The van der Waals surface area contributed by atoms with Crippen molar-refractivity contribution in [1.82, 2.24) is 9.97 Å². The van der Waals surface area contributed by atoms with Gasteiger partial charge in [-0.25, -0.2) is 4.98 Å². The van der Waals surface area contributed by atoms with Gasteiger partial charge in [0.1, 0.15) is 5.82 Å². The number of hydrogen-bond donors (Lipinski definition) is 1. The van der Waals surface area contributed by atoms with Crippen LogP contribution in [0.5, 0.6) is 0 Å². The molecule has 0 amide bonds. The molecular weight excluding hydrogens is 236 g/mol. The van der Waals surface area contributed by atoms with Crippen LogP contribution in [0.4, 0.5) is 11.8 Å². The van der Waals surface area contributed by atoms with E-state index in [0.717, 1.165) is 29.8 Å². The Kier molecular flexibility index (Phi) is 4.61. The lowest BCUT2D eigenvalue weighted by atomic mass is 9.86. The van der Waals surface area contributed by atoms with E-state index in [0.29, 0.717) is 6.04 Å². The molecule has 1 N–H and O–H groups in total. The lowest BCUT2D eigenvalue weighted by Gasteiger charge is -2.35. The molecule has 1 heterocycles. The molecule has 1 aromatic rings. The van der Waals surface area contributed by atoms with Gasteiger partial charge in [0.15, 0.2) is 0 Å². The topological polar surface area (TPSA) is 41.1 Å². The van der Waals surface area contributed by atoms with Crippen LogP contribution in [0.25, 0.3) is 0 Å². The summed E-state index contributed by atoms with van der Waals surface area (Å²) in [5.74, 6) is 2.64. The quantitative estimate of drug-likeness (QED) is 0.904. The van der Waals surface area contributed by atoms with Gasteiger partial charge in [-0.3, -0.25) is 0 Å². The first-order chi connectivity index (χ1) is 9.11. The van der Waals surface area contributed by atoms with Gasteiger partial charge in [-0.05, 0) is 32.6 Å². The van der Waals surface area contributed by atoms with Crippen molar-refractivity contribution in [3.8, 4) is 0 Å². The summed E-state index contributed by atoms with van der Waals surface area (Å²) in [6.45, 7) is 7.37. The van der Waals surface area contributed by atoms with Crippen LogP contribution in [0, 0.1) is 12.8 Å². The average molecular weight is 262 g/mol. The summed E-state index contributed by atoms with van der Waals surface area (Å²) in [4.78, 5) is 11.3. The van der Waals surface area contributed by atoms with Crippen molar-refractivity contribution < 1.29 is 0 Å². The fourth-order valence-electron chi connectivity index (χ4n) is 2.96. The fourth-order valence-corrected chi connectivity index (χ4v) is 2.96. The fraction of sp³-hybridized carbons (Fsp3) is 0.733. The molecule has 19 heavy (non-hydrogen) atoms. The zero-order valence-electron chi connectivity index (χ0n) is 12.6. The zero-order chi connectivity index (χ0) is 13.8. The Hall–Kier alpha value is -1.32. The van der Waals surface area contributed by atoms with Crippen LogP contribution in [0.2, 0.25) is 0 Å². The van der Waals surface area contributed by atoms with Gasteiger partial charge < -0.3 is 10.2 Å². The molecule has 1 fully saturated rings. The van der Waals surface area contributed by atoms with Gasteiger partial charge in [0.05, 0.1) is 0 Å². The predicted octanol–water partition coefficient (Wildman–Crippen LogP) is 3.23. The lowest BCUT2D eigenvalue weighted by Crippen LogP contribution is -2.36. The Bertz CT molecular complexity index is 419. The van der Waals surface area contributed by atoms with Gasteiger partial charge in [0.25, 0.3) is 0 Å². The van der Waals surface area contributed by atoms with E-state index in [9.17, 15) is 0 Å². The number of aromatic nitrogens is 2. The van der Waals surface area contributed by atoms with Crippen molar-refractivity contribution in [2.75, 3.05) is 23.8 Å². The van der Waals surface area contributed by atoms with E-state index in [1.807, 2.05) is 6.20 Å². The first kappa shape index (κ1) is 14.1. The molecule has 2 atom stereocenters. The SMILES string of the molecule is CCNc1ncc(C)c(N(C)C2CCCC(C)C2)n1. The van der Waals surface area contributed by atoms with E-state index in [1.165, 1.54) is 25.7 Å². The van der Waals surface area contributed by atoms with Gasteiger partial charge in [0.2, 0.25) is 5.95 Å². The Morgan fingerprint density at radius 3 is 2.89 bits per heavy atom. The van der Waals surface area contributed by atoms with Gasteiger partial charge in [-0.1, -0.05) is 19.8 Å². The highest BCUT2D eigenvalue weighted by molar-refractivity contribution is 5.49. The van der Waals surface area contributed by atoms with Crippen LogP contribution in [0.3, 0.4) is 0 Å². The molecule has 106 valence electrons. The molecule has 1 aromatic heterocycles. The largest absolute Gasteiger partial charge is 0.356 e. The van der Waals surface area contributed by atoms with Gasteiger partial charge >= 0.3 is 0 Å². The molecule has 2 unspecified atom stereocenters. The van der Waals surface area contributed by atoms with E-state index in [2.05, 4.69) is 48.0 Å². The molecule has 2 rings (SSSR count). The molecule has 1 aliphatic rings. The second kappa shape index (κ2) is 6.22. The van der Waals surface area contributed by atoms with Crippen molar-refractivity contribution in [3.05, 3.63) is 11.8 Å². The van der Waals surface area contributed by atoms with Crippen LogP contribution in [0.1, 0.15) is 45.1 Å². The van der Waals surface area contributed by atoms with Crippen LogP contribution in [-0.4, -0.2) is 29.6 Å². The number of hydrogen-bond acceptors (Lipinski definition) is 4. The molecule has 4 nitrogen and oxygen atoms in total. The molecule has 0 spiro atoms. The van der Waals surface area contributed by atoms with Crippen molar-refractivity contribution in [2.24, 2.45) is 5.92 Å². The maximum atomic E-state index is 4.67. The normalized spacial score (nSPS) is 23.2. The van der Waals surface area contributed by atoms with Crippen molar-refractivity contribution >= 4 is 11.8 Å². The first-order valence-corrected chi connectivity index (χ1v) is 7.42. The standard InChI is InChI=1S/C15H26N4/c1-5-16-15-17-10-12(3)14(18-15)19(4)13-8-6-7-11(2)9-13/h10-11,13H,5-9H2,1-4H3,(H,16,17,18). The third-order valence-electron chi connectivity index (χ3n) is 4.07. The molecule has 0 aromatic carbocycles. The molecule has 0 radical (unpaired) electrons. The number of rotatable bonds is 4. The molecule has 1 saturated carbocycles. The Morgan fingerprint density at radius 2 is 2.21 bits per heavy atom.